The number of β-amino-alcohol motifs (C(OH)–C–C–N with tert-alkyl or cyclic N) is 1. The molecule has 0 bridgehead atoms. The second kappa shape index (κ2) is 11.1. The van der Waals surface area contributed by atoms with Gasteiger partial charge in [0.15, 0.2) is 0 Å². The van der Waals surface area contributed by atoms with Crippen LogP contribution in [0.15, 0.2) is 18.4 Å². The Kier molecular flexibility index (Phi) is 10.7. The highest BCUT2D eigenvalue weighted by Crippen LogP contribution is 2.01. The van der Waals surface area contributed by atoms with Crippen LogP contribution in [0.25, 0.3) is 0 Å². The van der Waals surface area contributed by atoms with Crippen LogP contribution in [0.5, 0.6) is 0 Å². The lowest BCUT2D eigenvalue weighted by atomic mass is 10.0. The van der Waals surface area contributed by atoms with Crippen molar-refractivity contribution in [1.29, 1.82) is 0 Å². The number of aliphatic hydroxyl groups is 4. The van der Waals surface area contributed by atoms with Crippen molar-refractivity contribution in [2.45, 2.75) is 24.5 Å². The van der Waals surface area contributed by atoms with Gasteiger partial charge in [-0.15, -0.1) is 5.73 Å². The van der Waals surface area contributed by atoms with Gasteiger partial charge in [0.05, 0.1) is 38.1 Å². The fourth-order valence-electron chi connectivity index (χ4n) is 1.32. The molecule has 112 valence electrons. The van der Waals surface area contributed by atoms with Gasteiger partial charge in [-0.1, -0.05) is 6.58 Å². The van der Waals surface area contributed by atoms with E-state index in [2.05, 4.69) is 17.6 Å². The molecule has 5 N–H and O–H groups in total. The van der Waals surface area contributed by atoms with Crippen molar-refractivity contribution >= 4 is 0 Å². The van der Waals surface area contributed by atoms with Crippen LogP contribution in [-0.2, 0) is 4.74 Å². The molecule has 19 heavy (non-hydrogen) atoms. The molecule has 1 atom stereocenters. The zero-order valence-electron chi connectivity index (χ0n) is 11.2. The molecule has 1 unspecified atom stereocenters. The number of allylic oxidation sites excluding steroid dienone is 1. The number of unbranched alkanes of at least 4 members (excludes halogenated alkanes) is 1. The quantitative estimate of drug-likeness (QED) is 0.226. The van der Waals surface area contributed by atoms with Crippen LogP contribution in [0.4, 0.5) is 0 Å². The Labute approximate surface area is 114 Å². The minimum atomic E-state index is -1.17. The van der Waals surface area contributed by atoms with Gasteiger partial charge in [0.25, 0.3) is 0 Å². The third kappa shape index (κ3) is 8.13. The molecule has 0 aliphatic carbocycles. The molecule has 0 rings (SSSR count). The van der Waals surface area contributed by atoms with E-state index in [-0.39, 0.29) is 13.2 Å². The molecule has 6 nitrogen and oxygen atoms in total. The number of hydrogen-bond acceptors (Lipinski definition) is 6. The summed E-state index contributed by atoms with van der Waals surface area (Å²) in [5.41, 5.74) is 1.49. The van der Waals surface area contributed by atoms with Crippen LogP contribution >= 0.6 is 0 Å². The predicted molar refractivity (Wildman–Crippen MR) is 71.8 cm³/mol. The molecular weight excluding hydrogens is 250 g/mol. The monoisotopic (exact) mass is 275 g/mol. The summed E-state index contributed by atoms with van der Waals surface area (Å²) in [6, 6.07) is 0. The molecular formula is C13H25NO5. The van der Waals surface area contributed by atoms with Gasteiger partial charge in [0, 0.05) is 13.2 Å². The highest BCUT2D eigenvalue weighted by molar-refractivity contribution is 4.87. The second-order valence-electron chi connectivity index (χ2n) is 4.41. The van der Waals surface area contributed by atoms with Crippen molar-refractivity contribution in [3.05, 3.63) is 18.4 Å². The predicted octanol–water partition coefficient (Wildman–Crippen LogP) is -1.21. The van der Waals surface area contributed by atoms with Gasteiger partial charge >= 0.3 is 0 Å². The first-order valence-electron chi connectivity index (χ1n) is 6.32. The van der Waals surface area contributed by atoms with Crippen LogP contribution in [0.3, 0.4) is 0 Å². The summed E-state index contributed by atoms with van der Waals surface area (Å²) >= 11 is 0. The molecule has 0 spiro atoms. The molecule has 0 aromatic heterocycles. The smallest absolute Gasteiger partial charge is 0.0897 e. The van der Waals surface area contributed by atoms with Gasteiger partial charge in [0.2, 0.25) is 0 Å². The zero-order valence-corrected chi connectivity index (χ0v) is 11.2. The van der Waals surface area contributed by atoms with Gasteiger partial charge in [-0.2, -0.15) is 0 Å². The first kappa shape index (κ1) is 18.3. The molecule has 0 aliphatic heterocycles. The molecule has 0 saturated carbocycles. The van der Waals surface area contributed by atoms with Gasteiger partial charge < -0.3 is 30.5 Å². The van der Waals surface area contributed by atoms with Crippen LogP contribution in [-0.4, -0.2) is 71.6 Å². The molecule has 0 heterocycles. The van der Waals surface area contributed by atoms with E-state index in [4.69, 9.17) is 20.1 Å². The van der Waals surface area contributed by atoms with Crippen LogP contribution in [0, 0.1) is 0 Å². The van der Waals surface area contributed by atoms with Gasteiger partial charge in [-0.05, 0) is 18.9 Å². The minimum Gasteiger partial charge on any atom is -0.394 e. The molecule has 0 aromatic rings. The molecule has 0 fully saturated rings. The first-order valence-corrected chi connectivity index (χ1v) is 6.32. The Bertz CT molecular complexity index is 253. The normalized spacial score (nSPS) is 13.1. The topological polar surface area (TPSA) is 102 Å². The van der Waals surface area contributed by atoms with Crippen molar-refractivity contribution in [2.75, 3.05) is 39.6 Å². The van der Waals surface area contributed by atoms with Crippen LogP contribution in [0.2, 0.25) is 0 Å². The van der Waals surface area contributed by atoms with E-state index in [0.717, 1.165) is 12.8 Å². The maximum atomic E-state index is 9.64. The van der Waals surface area contributed by atoms with Crippen LogP contribution in [0.1, 0.15) is 12.8 Å². The molecule has 0 radical (unpaired) electrons. The molecule has 0 aliphatic rings. The minimum absolute atomic E-state index is 0.119. The van der Waals surface area contributed by atoms with Crippen molar-refractivity contribution in [1.82, 2.24) is 5.32 Å². The standard InChI is InChI=1S/C13H25NO5/c1-2-3-4-5-6-19-8-12(18)7-14-13(9-15,10-16)11-17/h3,12,14-18H,1,4-11H2. The number of ether oxygens (including phenoxy) is 1. The third-order valence-electron chi connectivity index (χ3n) is 2.71. The zero-order chi connectivity index (χ0) is 14.6. The average molecular weight is 275 g/mol. The number of rotatable bonds is 12. The lowest BCUT2D eigenvalue weighted by Crippen LogP contribution is -2.57. The van der Waals surface area contributed by atoms with Gasteiger partial charge in [-0.25, -0.2) is 0 Å². The summed E-state index contributed by atoms with van der Waals surface area (Å²) in [5, 5.41) is 39.6. The van der Waals surface area contributed by atoms with Crippen molar-refractivity contribution < 1.29 is 25.2 Å². The lowest BCUT2D eigenvalue weighted by molar-refractivity contribution is 0.00809. The molecule has 6 heteroatoms. The third-order valence-corrected chi connectivity index (χ3v) is 2.71. The largest absolute Gasteiger partial charge is 0.394 e. The Hall–Kier alpha value is -0.720. The van der Waals surface area contributed by atoms with Gasteiger partial charge in [-0.3, -0.25) is 0 Å². The van der Waals surface area contributed by atoms with Crippen molar-refractivity contribution in [3.8, 4) is 0 Å². The van der Waals surface area contributed by atoms with Gasteiger partial charge in [0.1, 0.15) is 0 Å². The summed E-state index contributed by atoms with van der Waals surface area (Å²) < 4.78 is 5.26. The summed E-state index contributed by atoms with van der Waals surface area (Å²) in [6.07, 6.45) is 2.72. The fraction of sp³-hybridized carbons (Fsp3) is 0.769. The van der Waals surface area contributed by atoms with Crippen molar-refractivity contribution in [2.24, 2.45) is 0 Å². The van der Waals surface area contributed by atoms with Crippen molar-refractivity contribution in [3.63, 3.8) is 0 Å². The average Bonchev–Trinajstić information content (AvgIpc) is 2.45. The number of aliphatic hydroxyl groups excluding tert-OH is 4. The van der Waals surface area contributed by atoms with E-state index < -0.39 is 31.5 Å². The van der Waals surface area contributed by atoms with E-state index in [0.29, 0.717) is 6.61 Å². The summed E-state index contributed by atoms with van der Waals surface area (Å²) in [7, 11) is 0. The summed E-state index contributed by atoms with van der Waals surface area (Å²) in [6.45, 7) is 3.01. The van der Waals surface area contributed by atoms with Crippen LogP contribution < -0.4 is 5.32 Å². The number of hydrogen-bond donors (Lipinski definition) is 5. The van der Waals surface area contributed by atoms with E-state index in [1.165, 1.54) is 0 Å². The highest BCUT2D eigenvalue weighted by atomic mass is 16.5. The molecule has 0 amide bonds. The summed E-state index contributed by atoms with van der Waals surface area (Å²) in [4.78, 5) is 0. The first-order chi connectivity index (χ1) is 9.14. The Morgan fingerprint density at radius 1 is 1.26 bits per heavy atom. The Balaban J connectivity index is 3.73. The molecule has 0 saturated heterocycles. The Morgan fingerprint density at radius 3 is 2.42 bits per heavy atom. The van der Waals surface area contributed by atoms with E-state index in [1.807, 2.05) is 6.08 Å². The maximum Gasteiger partial charge on any atom is 0.0897 e. The fourth-order valence-corrected chi connectivity index (χ4v) is 1.32. The molecule has 0 aromatic carbocycles. The highest BCUT2D eigenvalue weighted by Gasteiger charge is 2.27. The Morgan fingerprint density at radius 2 is 1.89 bits per heavy atom. The van der Waals surface area contributed by atoms with E-state index in [1.54, 1.807) is 0 Å². The number of nitrogens with one attached hydrogen (secondary N) is 1. The second-order valence-corrected chi connectivity index (χ2v) is 4.41. The van der Waals surface area contributed by atoms with E-state index >= 15 is 0 Å². The SMILES string of the molecule is C=C=CCCCOCC(O)CNC(CO)(CO)CO. The lowest BCUT2D eigenvalue weighted by Gasteiger charge is -2.29. The maximum absolute atomic E-state index is 9.64. The summed E-state index contributed by atoms with van der Waals surface area (Å²) in [5.74, 6) is 0. The van der Waals surface area contributed by atoms with E-state index in [9.17, 15) is 5.11 Å².